The van der Waals surface area contributed by atoms with Crippen LogP contribution < -0.4 is 10.1 Å². The van der Waals surface area contributed by atoms with E-state index in [-0.39, 0.29) is 24.5 Å². The lowest BCUT2D eigenvalue weighted by atomic mass is 10.1. The molecule has 4 rings (SSSR count). The topological polar surface area (TPSA) is 86.3 Å². The highest BCUT2D eigenvalue weighted by Gasteiger charge is 2.10. The maximum Gasteiger partial charge on any atom is 0.249 e. The van der Waals surface area contributed by atoms with Crippen molar-refractivity contribution in [3.63, 3.8) is 0 Å². The second-order valence-corrected chi connectivity index (χ2v) is 6.63. The van der Waals surface area contributed by atoms with Crippen LogP contribution in [-0.4, -0.2) is 36.2 Å². The molecule has 3 heterocycles. The third-order valence-electron chi connectivity index (χ3n) is 4.01. The molecule has 0 unspecified atom stereocenters. The van der Waals surface area contributed by atoms with Gasteiger partial charge in [-0.25, -0.2) is 9.50 Å². The van der Waals surface area contributed by atoms with Crippen LogP contribution in [0, 0.1) is 0 Å². The molecule has 0 spiro atoms. The Hall–Kier alpha value is -3.68. The van der Waals surface area contributed by atoms with Crippen LogP contribution in [0.5, 0.6) is 5.75 Å². The molecule has 8 heteroatoms. The van der Waals surface area contributed by atoms with Crippen LogP contribution in [0.4, 0.5) is 5.95 Å². The highest BCUT2D eigenvalue weighted by molar-refractivity contribution is 5.89. The minimum absolute atomic E-state index is 0.113. The van der Waals surface area contributed by atoms with E-state index in [1.807, 2.05) is 56.4 Å². The smallest absolute Gasteiger partial charge is 0.249 e. The number of carbonyl (C=O) groups is 1. The van der Waals surface area contributed by atoms with E-state index in [4.69, 9.17) is 4.74 Å². The lowest BCUT2D eigenvalue weighted by Crippen LogP contribution is -2.18. The van der Waals surface area contributed by atoms with Gasteiger partial charge in [-0.2, -0.15) is 4.98 Å². The number of pyridine rings is 1. The van der Waals surface area contributed by atoms with E-state index in [1.165, 1.54) is 0 Å². The first-order chi connectivity index (χ1) is 13.6. The third-order valence-corrected chi connectivity index (χ3v) is 4.01. The molecule has 142 valence electrons. The van der Waals surface area contributed by atoms with Crippen LogP contribution in [0.25, 0.3) is 16.8 Å². The highest BCUT2D eigenvalue weighted by Crippen LogP contribution is 2.25. The number of rotatable bonds is 6. The van der Waals surface area contributed by atoms with Gasteiger partial charge in [0.25, 0.3) is 0 Å². The van der Waals surface area contributed by atoms with Crippen LogP contribution in [0.3, 0.4) is 0 Å². The van der Waals surface area contributed by atoms with Gasteiger partial charge in [-0.1, -0.05) is 12.1 Å². The zero-order valence-corrected chi connectivity index (χ0v) is 15.6. The molecule has 0 saturated heterocycles. The van der Waals surface area contributed by atoms with Gasteiger partial charge < -0.3 is 9.30 Å². The molecule has 0 bridgehead atoms. The zero-order chi connectivity index (χ0) is 19.5. The van der Waals surface area contributed by atoms with E-state index in [9.17, 15) is 4.79 Å². The number of nitrogens with zero attached hydrogens (tertiary/aromatic N) is 5. The van der Waals surface area contributed by atoms with Crippen molar-refractivity contribution in [2.75, 3.05) is 5.32 Å². The first kappa shape index (κ1) is 17.7. The molecule has 8 nitrogen and oxygen atoms in total. The highest BCUT2D eigenvalue weighted by atomic mass is 16.5. The summed E-state index contributed by atoms with van der Waals surface area (Å²) in [5, 5.41) is 7.07. The predicted molar refractivity (Wildman–Crippen MR) is 105 cm³/mol. The van der Waals surface area contributed by atoms with Gasteiger partial charge in [-0.3, -0.25) is 10.1 Å². The summed E-state index contributed by atoms with van der Waals surface area (Å²) in [7, 11) is 0. The third kappa shape index (κ3) is 4.01. The SMILES string of the molecule is CC(C)Oc1cccc(-c2ccc3nc(NC(=O)Cn4ccnc4)nn3c2)c1. The summed E-state index contributed by atoms with van der Waals surface area (Å²) in [4.78, 5) is 20.4. The lowest BCUT2D eigenvalue weighted by molar-refractivity contribution is -0.116. The summed E-state index contributed by atoms with van der Waals surface area (Å²) in [5.41, 5.74) is 2.64. The number of nitrogens with one attached hydrogen (secondary N) is 1. The number of anilines is 1. The maximum atomic E-state index is 12.1. The Balaban J connectivity index is 1.54. The Morgan fingerprint density at radius 2 is 2.11 bits per heavy atom. The molecule has 0 radical (unpaired) electrons. The normalized spacial score (nSPS) is 11.1. The quantitative estimate of drug-likeness (QED) is 0.559. The Morgan fingerprint density at radius 1 is 1.21 bits per heavy atom. The fourth-order valence-corrected chi connectivity index (χ4v) is 2.84. The first-order valence-electron chi connectivity index (χ1n) is 8.96. The van der Waals surface area contributed by atoms with Gasteiger partial charge in [0.1, 0.15) is 12.3 Å². The van der Waals surface area contributed by atoms with Gasteiger partial charge in [0.15, 0.2) is 5.65 Å². The largest absolute Gasteiger partial charge is 0.491 e. The summed E-state index contributed by atoms with van der Waals surface area (Å²) in [6, 6.07) is 11.7. The van der Waals surface area contributed by atoms with Crippen molar-refractivity contribution < 1.29 is 9.53 Å². The minimum atomic E-state index is -0.215. The summed E-state index contributed by atoms with van der Waals surface area (Å²) < 4.78 is 9.09. The monoisotopic (exact) mass is 376 g/mol. The number of carbonyl (C=O) groups excluding carboxylic acids is 1. The number of hydrogen-bond donors (Lipinski definition) is 1. The number of amides is 1. The second-order valence-electron chi connectivity index (χ2n) is 6.63. The van der Waals surface area contributed by atoms with Gasteiger partial charge in [-0.15, -0.1) is 5.10 Å². The van der Waals surface area contributed by atoms with Crippen LogP contribution in [0.2, 0.25) is 0 Å². The summed E-state index contributed by atoms with van der Waals surface area (Å²) in [6.07, 6.45) is 6.92. The number of aromatic nitrogens is 5. The number of hydrogen-bond acceptors (Lipinski definition) is 5. The van der Waals surface area contributed by atoms with E-state index in [2.05, 4.69) is 20.4 Å². The number of fused-ring (bicyclic) bond motifs is 1. The molecule has 0 saturated carbocycles. The minimum Gasteiger partial charge on any atom is -0.491 e. The van der Waals surface area contributed by atoms with Crippen molar-refractivity contribution >= 4 is 17.5 Å². The fraction of sp³-hybridized carbons (Fsp3) is 0.200. The molecule has 4 aromatic rings. The average Bonchev–Trinajstić information content (AvgIpc) is 3.29. The Morgan fingerprint density at radius 3 is 2.89 bits per heavy atom. The van der Waals surface area contributed by atoms with Gasteiger partial charge in [0, 0.05) is 24.2 Å². The van der Waals surface area contributed by atoms with Gasteiger partial charge in [0.2, 0.25) is 11.9 Å². The number of benzene rings is 1. The summed E-state index contributed by atoms with van der Waals surface area (Å²) >= 11 is 0. The zero-order valence-electron chi connectivity index (χ0n) is 15.6. The van der Waals surface area contributed by atoms with Gasteiger partial charge in [-0.05, 0) is 43.7 Å². The van der Waals surface area contributed by atoms with Crippen molar-refractivity contribution in [3.8, 4) is 16.9 Å². The first-order valence-corrected chi connectivity index (χ1v) is 8.96. The molecule has 0 aliphatic rings. The fourth-order valence-electron chi connectivity index (χ4n) is 2.84. The molecular formula is C20H20N6O2. The lowest BCUT2D eigenvalue weighted by Gasteiger charge is -2.11. The standard InChI is InChI=1S/C20H20N6O2/c1-14(2)28-17-5-3-4-15(10-17)16-6-7-18-22-20(24-26(18)11-16)23-19(27)12-25-9-8-21-13-25/h3-11,13-14H,12H2,1-2H3,(H,23,24,27). The molecule has 1 aromatic carbocycles. The Kier molecular flexibility index (Phi) is 4.76. The molecule has 1 amide bonds. The molecule has 0 fully saturated rings. The molecule has 1 N–H and O–H groups in total. The van der Waals surface area contributed by atoms with Gasteiger partial charge >= 0.3 is 0 Å². The van der Waals surface area contributed by atoms with E-state index in [1.54, 1.807) is 27.8 Å². The van der Waals surface area contributed by atoms with E-state index in [0.29, 0.717) is 5.65 Å². The molecule has 0 aliphatic carbocycles. The summed E-state index contributed by atoms with van der Waals surface area (Å²) in [6.45, 7) is 4.15. The predicted octanol–water partition coefficient (Wildman–Crippen LogP) is 3.02. The van der Waals surface area contributed by atoms with Crippen molar-refractivity contribution in [2.45, 2.75) is 26.5 Å². The Labute approximate surface area is 161 Å². The molecule has 0 aliphatic heterocycles. The Bertz CT molecular complexity index is 1100. The van der Waals surface area contributed by atoms with Crippen LogP contribution in [0.1, 0.15) is 13.8 Å². The van der Waals surface area contributed by atoms with Crippen LogP contribution in [0.15, 0.2) is 61.3 Å². The van der Waals surface area contributed by atoms with Crippen LogP contribution >= 0.6 is 0 Å². The van der Waals surface area contributed by atoms with E-state index < -0.39 is 0 Å². The van der Waals surface area contributed by atoms with Crippen molar-refractivity contribution in [2.24, 2.45) is 0 Å². The van der Waals surface area contributed by atoms with Crippen LogP contribution in [-0.2, 0) is 11.3 Å². The average molecular weight is 376 g/mol. The van der Waals surface area contributed by atoms with E-state index in [0.717, 1.165) is 16.9 Å². The van der Waals surface area contributed by atoms with Crippen molar-refractivity contribution in [3.05, 3.63) is 61.3 Å². The number of imidazole rings is 1. The van der Waals surface area contributed by atoms with Crippen molar-refractivity contribution in [1.29, 1.82) is 0 Å². The molecule has 3 aromatic heterocycles. The number of ether oxygens (including phenoxy) is 1. The van der Waals surface area contributed by atoms with Gasteiger partial charge in [0.05, 0.1) is 12.4 Å². The molecule has 0 atom stereocenters. The summed E-state index contributed by atoms with van der Waals surface area (Å²) in [5.74, 6) is 0.866. The van der Waals surface area contributed by atoms with E-state index >= 15 is 0 Å². The van der Waals surface area contributed by atoms with Crippen molar-refractivity contribution in [1.82, 2.24) is 24.1 Å². The molecular weight excluding hydrogens is 356 g/mol. The second kappa shape index (κ2) is 7.51. The molecule has 28 heavy (non-hydrogen) atoms. The maximum absolute atomic E-state index is 12.1.